The largest absolute Gasteiger partial charge is 0.383 e. The second kappa shape index (κ2) is 6.21. The molecular weight excluding hydrogens is 254 g/mol. The summed E-state index contributed by atoms with van der Waals surface area (Å²) in [7, 11) is 1.78. The zero-order valence-electron chi connectivity index (χ0n) is 10.3. The fourth-order valence-corrected chi connectivity index (χ4v) is 2.69. The number of methoxy groups -OCH3 is 1. The first kappa shape index (κ1) is 13.5. The van der Waals surface area contributed by atoms with Crippen LogP contribution in [0, 0.1) is 11.3 Å². The van der Waals surface area contributed by atoms with Crippen LogP contribution in [-0.4, -0.2) is 43.6 Å². The maximum Gasteiger partial charge on any atom is 0.0589 e. The van der Waals surface area contributed by atoms with Gasteiger partial charge in [0.1, 0.15) is 0 Å². The maximum absolute atomic E-state index is 5.17. The molecule has 0 atom stereocenters. The average molecular weight is 278 g/mol. The van der Waals surface area contributed by atoms with Crippen molar-refractivity contribution in [1.82, 2.24) is 4.90 Å². The van der Waals surface area contributed by atoms with Crippen LogP contribution in [0.5, 0.6) is 0 Å². The molecule has 0 bridgehead atoms. The van der Waals surface area contributed by atoms with E-state index >= 15 is 0 Å². The summed E-state index contributed by atoms with van der Waals surface area (Å²) in [5, 5.41) is 1.15. The minimum Gasteiger partial charge on any atom is -0.383 e. The van der Waals surface area contributed by atoms with Crippen LogP contribution in [0.1, 0.15) is 26.7 Å². The average Bonchev–Trinajstić information content (AvgIpc) is 2.94. The second-order valence-electron chi connectivity index (χ2n) is 5.26. The number of nitrogens with zero attached hydrogens (tertiary/aromatic N) is 1. The van der Waals surface area contributed by atoms with E-state index in [0.717, 1.165) is 24.4 Å². The monoisotopic (exact) mass is 277 g/mol. The zero-order chi connectivity index (χ0) is 11.3. The third-order valence-corrected chi connectivity index (χ3v) is 4.22. The number of ether oxygens (including phenoxy) is 1. The van der Waals surface area contributed by atoms with Gasteiger partial charge in [-0.1, -0.05) is 29.8 Å². The van der Waals surface area contributed by atoms with Crippen molar-refractivity contribution in [3.8, 4) is 0 Å². The Bertz CT molecular complexity index is 180. The lowest BCUT2D eigenvalue weighted by Crippen LogP contribution is -2.36. The van der Waals surface area contributed by atoms with Gasteiger partial charge < -0.3 is 9.64 Å². The highest BCUT2D eigenvalue weighted by molar-refractivity contribution is 9.09. The van der Waals surface area contributed by atoms with Gasteiger partial charge in [0.2, 0.25) is 0 Å². The summed E-state index contributed by atoms with van der Waals surface area (Å²) in [6.45, 7) is 8.92. The molecule has 1 rings (SSSR count). The molecule has 15 heavy (non-hydrogen) atoms. The SMILES string of the molecule is COCCN(CC(C)C)CC1(CBr)CC1. The highest BCUT2D eigenvalue weighted by Crippen LogP contribution is 2.47. The maximum atomic E-state index is 5.17. The van der Waals surface area contributed by atoms with Crippen LogP contribution in [0.3, 0.4) is 0 Å². The number of hydrogen-bond donors (Lipinski definition) is 0. The van der Waals surface area contributed by atoms with Crippen molar-refractivity contribution < 1.29 is 4.74 Å². The third-order valence-electron chi connectivity index (χ3n) is 3.03. The van der Waals surface area contributed by atoms with Crippen molar-refractivity contribution in [1.29, 1.82) is 0 Å². The van der Waals surface area contributed by atoms with Crippen LogP contribution in [0.2, 0.25) is 0 Å². The van der Waals surface area contributed by atoms with Crippen molar-refractivity contribution in [2.45, 2.75) is 26.7 Å². The van der Waals surface area contributed by atoms with Crippen molar-refractivity contribution in [3.05, 3.63) is 0 Å². The predicted molar refractivity (Wildman–Crippen MR) is 68.6 cm³/mol. The van der Waals surface area contributed by atoms with Crippen molar-refractivity contribution >= 4 is 15.9 Å². The van der Waals surface area contributed by atoms with E-state index < -0.39 is 0 Å². The summed E-state index contributed by atoms with van der Waals surface area (Å²) in [5.74, 6) is 0.744. The van der Waals surface area contributed by atoms with E-state index in [9.17, 15) is 0 Å². The van der Waals surface area contributed by atoms with Crippen LogP contribution in [0.25, 0.3) is 0 Å². The Morgan fingerprint density at radius 3 is 2.47 bits per heavy atom. The Hall–Kier alpha value is 0.400. The molecule has 0 aromatic carbocycles. The summed E-state index contributed by atoms with van der Waals surface area (Å²) in [4.78, 5) is 2.56. The molecule has 0 unspecified atom stereocenters. The van der Waals surface area contributed by atoms with E-state index in [4.69, 9.17) is 4.74 Å². The minimum atomic E-state index is 0.586. The summed E-state index contributed by atoms with van der Waals surface area (Å²) in [5.41, 5.74) is 0.586. The Balaban J connectivity index is 2.34. The van der Waals surface area contributed by atoms with Crippen LogP contribution >= 0.6 is 15.9 Å². The topological polar surface area (TPSA) is 12.5 Å². The van der Waals surface area contributed by atoms with Crippen LogP contribution < -0.4 is 0 Å². The standard InChI is InChI=1S/C12H24BrNO/c1-11(2)8-14(6-7-15-3)10-12(9-13)4-5-12/h11H,4-10H2,1-3H3. The minimum absolute atomic E-state index is 0.586. The highest BCUT2D eigenvalue weighted by atomic mass is 79.9. The first-order chi connectivity index (χ1) is 7.12. The molecule has 0 aromatic heterocycles. The van der Waals surface area contributed by atoms with E-state index in [-0.39, 0.29) is 0 Å². The highest BCUT2D eigenvalue weighted by Gasteiger charge is 2.42. The summed E-state index contributed by atoms with van der Waals surface area (Å²) in [6, 6.07) is 0. The molecule has 2 nitrogen and oxygen atoms in total. The van der Waals surface area contributed by atoms with Crippen molar-refractivity contribution in [3.63, 3.8) is 0 Å². The summed E-state index contributed by atoms with van der Waals surface area (Å²) in [6.07, 6.45) is 2.78. The van der Waals surface area contributed by atoms with Gasteiger partial charge in [0, 0.05) is 32.1 Å². The lowest BCUT2D eigenvalue weighted by molar-refractivity contribution is 0.127. The molecule has 1 saturated carbocycles. The lowest BCUT2D eigenvalue weighted by atomic mass is 10.1. The number of halogens is 1. The van der Waals surface area contributed by atoms with Crippen LogP contribution in [0.15, 0.2) is 0 Å². The van der Waals surface area contributed by atoms with Gasteiger partial charge in [-0.2, -0.15) is 0 Å². The van der Waals surface area contributed by atoms with Crippen molar-refractivity contribution in [2.24, 2.45) is 11.3 Å². The number of alkyl halides is 1. The fraction of sp³-hybridized carbons (Fsp3) is 1.00. The fourth-order valence-electron chi connectivity index (χ4n) is 1.96. The third kappa shape index (κ3) is 4.83. The van der Waals surface area contributed by atoms with Gasteiger partial charge in [0.15, 0.2) is 0 Å². The second-order valence-corrected chi connectivity index (χ2v) is 5.82. The summed E-state index contributed by atoms with van der Waals surface area (Å²) < 4.78 is 5.17. The van der Waals surface area contributed by atoms with Gasteiger partial charge in [-0.25, -0.2) is 0 Å². The first-order valence-electron chi connectivity index (χ1n) is 5.89. The lowest BCUT2D eigenvalue weighted by Gasteiger charge is -2.27. The van der Waals surface area contributed by atoms with E-state index in [2.05, 4.69) is 34.7 Å². The molecular formula is C12H24BrNO. The Labute approximate surface area is 102 Å². The number of hydrogen-bond acceptors (Lipinski definition) is 2. The van der Waals surface area contributed by atoms with Crippen molar-refractivity contribution in [2.75, 3.05) is 38.7 Å². The van der Waals surface area contributed by atoms with Gasteiger partial charge in [0.25, 0.3) is 0 Å². The Kier molecular flexibility index (Phi) is 5.58. The molecule has 0 heterocycles. The molecule has 0 N–H and O–H groups in total. The quantitative estimate of drug-likeness (QED) is 0.633. The van der Waals surface area contributed by atoms with E-state index in [1.165, 1.54) is 25.9 Å². The molecule has 1 aliphatic carbocycles. The normalized spacial score (nSPS) is 18.8. The van der Waals surface area contributed by atoms with Crippen LogP contribution in [0.4, 0.5) is 0 Å². The predicted octanol–water partition coefficient (Wildman–Crippen LogP) is 2.77. The zero-order valence-corrected chi connectivity index (χ0v) is 11.8. The molecule has 0 saturated heterocycles. The Morgan fingerprint density at radius 2 is 2.07 bits per heavy atom. The first-order valence-corrected chi connectivity index (χ1v) is 7.01. The van der Waals surface area contributed by atoms with Crippen LogP contribution in [-0.2, 0) is 4.74 Å². The van der Waals surface area contributed by atoms with Gasteiger partial charge in [0.05, 0.1) is 6.61 Å². The van der Waals surface area contributed by atoms with Gasteiger partial charge in [-0.3, -0.25) is 0 Å². The van der Waals surface area contributed by atoms with E-state index in [0.29, 0.717) is 5.41 Å². The molecule has 0 aliphatic heterocycles. The van der Waals surface area contributed by atoms with E-state index in [1.54, 1.807) is 7.11 Å². The molecule has 0 aromatic rings. The molecule has 0 radical (unpaired) electrons. The Morgan fingerprint density at radius 1 is 1.40 bits per heavy atom. The number of rotatable bonds is 8. The summed E-state index contributed by atoms with van der Waals surface area (Å²) >= 11 is 3.64. The van der Waals surface area contributed by atoms with E-state index in [1.807, 2.05) is 0 Å². The van der Waals surface area contributed by atoms with Gasteiger partial charge in [-0.05, 0) is 24.2 Å². The van der Waals surface area contributed by atoms with Gasteiger partial charge >= 0.3 is 0 Å². The molecule has 3 heteroatoms. The molecule has 0 spiro atoms. The molecule has 90 valence electrons. The van der Waals surface area contributed by atoms with Gasteiger partial charge in [-0.15, -0.1) is 0 Å². The smallest absolute Gasteiger partial charge is 0.0589 e. The molecule has 0 amide bonds. The molecule has 1 fully saturated rings. The molecule has 1 aliphatic rings.